The average Bonchev–Trinajstić information content (AvgIpc) is 2.89. The van der Waals surface area contributed by atoms with Gasteiger partial charge in [-0.15, -0.1) is 0 Å². The zero-order valence-corrected chi connectivity index (χ0v) is 24.4. The standard InChI is InChI=1S/C29H39N5O8/c1-6-7-8-31-12-18(35)32-16-11-17(33(2)3)14-9-13-10-15-22(34(4)5)25(38)21(28(30)41)27(40)29(15,42)26(39)19(13)24(37)20(14)23(16)36/h11,13,15,22,31,36-37,40,42H,6-10,12H2,1-5H3,(H2,30,41)(H,32,35)/t13?,15?,22-,29?/m0/s1. The Bertz CT molecular complexity index is 1410. The van der Waals surface area contributed by atoms with E-state index in [0.717, 1.165) is 12.8 Å². The highest BCUT2D eigenvalue weighted by molar-refractivity contribution is 6.24. The van der Waals surface area contributed by atoms with E-state index in [-0.39, 0.29) is 36.2 Å². The minimum Gasteiger partial charge on any atom is -0.508 e. The molecule has 1 fully saturated rings. The van der Waals surface area contributed by atoms with Gasteiger partial charge in [0.2, 0.25) is 11.7 Å². The average molecular weight is 586 g/mol. The number of hydrogen-bond acceptors (Lipinski definition) is 11. The van der Waals surface area contributed by atoms with Crippen molar-refractivity contribution in [3.63, 3.8) is 0 Å². The number of hydrogen-bond donors (Lipinski definition) is 7. The Hall–Kier alpha value is -3.94. The number of nitrogens with zero attached hydrogens (tertiary/aromatic N) is 2. The lowest BCUT2D eigenvalue weighted by atomic mass is 9.57. The van der Waals surface area contributed by atoms with Crippen molar-refractivity contribution in [1.82, 2.24) is 10.2 Å². The number of unbranched alkanes of at least 4 members (excludes halogenated alkanes) is 1. The fraction of sp³-hybridized carbons (Fsp3) is 0.517. The second kappa shape index (κ2) is 11.4. The van der Waals surface area contributed by atoms with E-state index in [4.69, 9.17) is 5.73 Å². The molecule has 1 aromatic rings. The normalized spacial score (nSPS) is 25.3. The van der Waals surface area contributed by atoms with Crippen LogP contribution < -0.4 is 21.3 Å². The lowest BCUT2D eigenvalue weighted by molar-refractivity contribution is -0.153. The first-order valence-corrected chi connectivity index (χ1v) is 13.9. The van der Waals surface area contributed by atoms with Gasteiger partial charge in [-0.25, -0.2) is 0 Å². The highest BCUT2D eigenvalue weighted by atomic mass is 16.3. The molecule has 13 nitrogen and oxygen atoms in total. The molecule has 4 atom stereocenters. The summed E-state index contributed by atoms with van der Waals surface area (Å²) in [4.78, 5) is 55.2. The van der Waals surface area contributed by atoms with Gasteiger partial charge in [-0.05, 0) is 57.5 Å². The number of nitrogens with one attached hydrogen (secondary N) is 2. The van der Waals surface area contributed by atoms with Gasteiger partial charge in [0.05, 0.1) is 23.8 Å². The maximum absolute atomic E-state index is 14.0. The monoisotopic (exact) mass is 585 g/mol. The summed E-state index contributed by atoms with van der Waals surface area (Å²) in [5.74, 6) is -7.71. The van der Waals surface area contributed by atoms with E-state index in [0.29, 0.717) is 17.8 Å². The van der Waals surface area contributed by atoms with Crippen LogP contribution in [-0.2, 0) is 25.6 Å². The summed E-state index contributed by atoms with van der Waals surface area (Å²) in [6, 6.07) is 0.422. The number of fused-ring (bicyclic) bond motifs is 3. The van der Waals surface area contributed by atoms with E-state index in [1.807, 2.05) is 6.92 Å². The van der Waals surface area contributed by atoms with Crippen LogP contribution in [0.2, 0.25) is 0 Å². The first kappa shape index (κ1) is 31.0. The highest BCUT2D eigenvalue weighted by Gasteiger charge is 2.64. The van der Waals surface area contributed by atoms with E-state index >= 15 is 0 Å². The molecule has 2 amide bonds. The van der Waals surface area contributed by atoms with Crippen molar-refractivity contribution in [2.45, 2.75) is 44.2 Å². The van der Waals surface area contributed by atoms with Gasteiger partial charge in [-0.2, -0.15) is 0 Å². The number of aromatic hydroxyl groups is 1. The second-order valence-corrected chi connectivity index (χ2v) is 11.6. The number of carbonyl (C=O) groups excluding carboxylic acids is 4. The highest BCUT2D eigenvalue weighted by Crippen LogP contribution is 2.54. The first-order chi connectivity index (χ1) is 19.7. The van der Waals surface area contributed by atoms with Crippen LogP contribution in [0.15, 0.2) is 23.0 Å². The SMILES string of the molecule is CCCCNCC(=O)Nc1cc(N(C)C)c2c(c1O)C(O)=C1C(=O)C3(O)C(O)=C(C(N)=O)C(=O)[C@@H](N(C)C)C3CC1C2. The molecule has 0 bridgehead atoms. The van der Waals surface area contributed by atoms with Crippen LogP contribution in [-0.4, -0.2) is 102 Å². The van der Waals surface area contributed by atoms with Crippen LogP contribution in [0, 0.1) is 11.8 Å². The molecule has 1 aromatic carbocycles. The molecule has 3 aliphatic carbocycles. The summed E-state index contributed by atoms with van der Waals surface area (Å²) >= 11 is 0. The molecule has 0 spiro atoms. The molecule has 0 aromatic heterocycles. The number of phenols is 1. The summed E-state index contributed by atoms with van der Waals surface area (Å²) < 4.78 is 0. The molecule has 13 heteroatoms. The number of carbonyl (C=O) groups is 4. The van der Waals surface area contributed by atoms with E-state index in [1.165, 1.54) is 4.90 Å². The third-order valence-electron chi connectivity index (χ3n) is 8.45. The van der Waals surface area contributed by atoms with Gasteiger partial charge < -0.3 is 41.7 Å². The number of ketones is 2. The molecule has 228 valence electrons. The molecule has 1 saturated carbocycles. The van der Waals surface area contributed by atoms with E-state index in [9.17, 15) is 39.6 Å². The number of nitrogens with two attached hydrogens (primary N) is 1. The van der Waals surface area contributed by atoms with Crippen LogP contribution in [0.3, 0.4) is 0 Å². The van der Waals surface area contributed by atoms with Crippen molar-refractivity contribution < 1.29 is 39.6 Å². The van der Waals surface area contributed by atoms with Gasteiger partial charge in [0.15, 0.2) is 11.4 Å². The minimum atomic E-state index is -2.72. The van der Waals surface area contributed by atoms with Gasteiger partial charge >= 0.3 is 0 Å². The molecule has 0 saturated heterocycles. The van der Waals surface area contributed by atoms with Crippen molar-refractivity contribution in [3.05, 3.63) is 34.1 Å². The Labute approximate surface area is 243 Å². The van der Waals surface area contributed by atoms with Crippen molar-refractivity contribution in [2.75, 3.05) is 51.5 Å². The fourth-order valence-electron chi connectivity index (χ4n) is 6.48. The summed E-state index contributed by atoms with van der Waals surface area (Å²) in [5.41, 5.74) is 2.51. The predicted octanol–water partition coefficient (Wildman–Crippen LogP) is 0.358. The Morgan fingerprint density at radius 3 is 2.38 bits per heavy atom. The third-order valence-corrected chi connectivity index (χ3v) is 8.45. The lowest BCUT2D eigenvalue weighted by Gasteiger charge is -2.50. The fourth-order valence-corrected chi connectivity index (χ4v) is 6.48. The van der Waals surface area contributed by atoms with Crippen LogP contribution >= 0.6 is 0 Å². The first-order valence-electron chi connectivity index (χ1n) is 13.9. The van der Waals surface area contributed by atoms with E-state index in [1.54, 1.807) is 39.2 Å². The molecular formula is C29H39N5O8. The zero-order valence-electron chi connectivity index (χ0n) is 24.4. The summed E-state index contributed by atoms with van der Waals surface area (Å²) in [7, 11) is 6.60. The largest absolute Gasteiger partial charge is 0.508 e. The van der Waals surface area contributed by atoms with Gasteiger partial charge in [0.25, 0.3) is 5.91 Å². The Morgan fingerprint density at radius 1 is 1.14 bits per heavy atom. The number of anilines is 2. The maximum atomic E-state index is 14.0. The van der Waals surface area contributed by atoms with Crippen molar-refractivity contribution in [2.24, 2.45) is 17.6 Å². The van der Waals surface area contributed by atoms with Crippen molar-refractivity contribution in [3.8, 4) is 5.75 Å². The van der Waals surface area contributed by atoms with Gasteiger partial charge in [0.1, 0.15) is 22.8 Å². The number of likely N-dealkylation sites (N-methyl/N-ethyl adjacent to an activating group) is 1. The number of benzene rings is 1. The number of rotatable bonds is 9. The number of amides is 2. The molecule has 4 rings (SSSR count). The molecule has 0 radical (unpaired) electrons. The number of phenolic OH excluding ortho intramolecular Hbond substituents is 1. The lowest BCUT2D eigenvalue weighted by Crippen LogP contribution is -2.65. The maximum Gasteiger partial charge on any atom is 0.255 e. The summed E-state index contributed by atoms with van der Waals surface area (Å²) in [5, 5.41) is 51.2. The van der Waals surface area contributed by atoms with Crippen LogP contribution in [0.1, 0.15) is 37.3 Å². The molecule has 42 heavy (non-hydrogen) atoms. The summed E-state index contributed by atoms with van der Waals surface area (Å²) in [6.45, 7) is 2.66. The van der Waals surface area contributed by atoms with E-state index < -0.39 is 69.7 Å². The molecule has 0 aliphatic heterocycles. The Morgan fingerprint density at radius 2 is 1.81 bits per heavy atom. The number of aliphatic hydroxyl groups is 3. The number of Topliss-reactive ketones (excluding diaryl/α,β-unsaturated/α-hetero) is 2. The number of primary amides is 1. The van der Waals surface area contributed by atoms with Crippen molar-refractivity contribution in [1.29, 1.82) is 0 Å². The molecule has 3 unspecified atom stereocenters. The van der Waals surface area contributed by atoms with Gasteiger partial charge in [-0.3, -0.25) is 24.1 Å². The van der Waals surface area contributed by atoms with Crippen LogP contribution in [0.5, 0.6) is 5.75 Å². The molecule has 3 aliphatic rings. The zero-order chi connectivity index (χ0) is 31.3. The molecular weight excluding hydrogens is 546 g/mol. The smallest absolute Gasteiger partial charge is 0.255 e. The molecule has 8 N–H and O–H groups in total. The quantitative estimate of drug-likeness (QED) is 0.120. The third kappa shape index (κ3) is 4.80. The Balaban J connectivity index is 1.86. The van der Waals surface area contributed by atoms with Crippen molar-refractivity contribution >= 4 is 40.5 Å². The van der Waals surface area contributed by atoms with Gasteiger partial charge in [-0.1, -0.05) is 13.3 Å². The van der Waals surface area contributed by atoms with Crippen LogP contribution in [0.4, 0.5) is 11.4 Å². The van der Waals surface area contributed by atoms with Gasteiger partial charge in [0, 0.05) is 31.3 Å². The molecule has 0 heterocycles. The topological polar surface area (TPSA) is 206 Å². The summed E-state index contributed by atoms with van der Waals surface area (Å²) in [6.07, 6.45) is 1.98. The minimum absolute atomic E-state index is 0.00452. The second-order valence-electron chi connectivity index (χ2n) is 11.6. The van der Waals surface area contributed by atoms with E-state index in [2.05, 4.69) is 10.6 Å². The predicted molar refractivity (Wildman–Crippen MR) is 155 cm³/mol. The Kier molecular flexibility index (Phi) is 8.40. The van der Waals surface area contributed by atoms with Crippen LogP contribution in [0.25, 0.3) is 5.76 Å². The number of aliphatic hydroxyl groups excluding tert-OH is 2.